The molecule has 3 nitrogen and oxygen atoms in total. The fourth-order valence-electron chi connectivity index (χ4n) is 1.83. The molecule has 0 aliphatic heterocycles. The molecule has 0 fully saturated rings. The predicted octanol–water partition coefficient (Wildman–Crippen LogP) is 3.71. The first kappa shape index (κ1) is 14.1. The third-order valence-corrected chi connectivity index (χ3v) is 4.07. The Labute approximate surface area is 116 Å². The number of hydrogen-bond acceptors (Lipinski definition) is 4. The van der Waals surface area contributed by atoms with Crippen molar-refractivity contribution in [2.45, 2.75) is 33.2 Å². The molecule has 1 heterocycles. The second-order valence-corrected chi connectivity index (χ2v) is 5.59. The van der Waals surface area contributed by atoms with Crippen LogP contribution in [-0.2, 0) is 0 Å². The first-order chi connectivity index (χ1) is 9.11. The van der Waals surface area contributed by atoms with Gasteiger partial charge < -0.3 is 5.32 Å². The van der Waals surface area contributed by atoms with Crippen molar-refractivity contribution in [3.05, 3.63) is 34.6 Å². The fraction of sp³-hybridized carbons (Fsp3) is 0.429. The summed E-state index contributed by atoms with van der Waals surface area (Å²) in [6.07, 6.45) is 1.09. The van der Waals surface area contributed by atoms with Gasteiger partial charge in [0.2, 0.25) is 0 Å². The van der Waals surface area contributed by atoms with Crippen LogP contribution in [0.2, 0.25) is 0 Å². The molecular formula is C14H18FN3S. The van der Waals surface area contributed by atoms with E-state index in [1.54, 1.807) is 17.4 Å². The number of nitrogens with one attached hydrogen (secondary N) is 1. The zero-order chi connectivity index (χ0) is 13.8. The first-order valence-corrected chi connectivity index (χ1v) is 7.26. The Morgan fingerprint density at radius 2 is 2.16 bits per heavy atom. The van der Waals surface area contributed by atoms with Crippen LogP contribution < -0.4 is 5.32 Å². The van der Waals surface area contributed by atoms with Crippen LogP contribution in [-0.4, -0.2) is 16.7 Å². The highest BCUT2D eigenvalue weighted by Gasteiger charge is 2.13. The number of aromatic nitrogens is 2. The van der Waals surface area contributed by atoms with Gasteiger partial charge in [0.25, 0.3) is 0 Å². The van der Waals surface area contributed by atoms with E-state index in [1.807, 2.05) is 6.92 Å². The lowest BCUT2D eigenvalue weighted by atomic mass is 10.1. The summed E-state index contributed by atoms with van der Waals surface area (Å²) < 4.78 is 13.1. The lowest BCUT2D eigenvalue weighted by Gasteiger charge is -2.08. The summed E-state index contributed by atoms with van der Waals surface area (Å²) in [5.41, 5.74) is 1.84. The lowest BCUT2D eigenvalue weighted by Crippen LogP contribution is -2.18. The Bertz CT molecular complexity index is 553. The topological polar surface area (TPSA) is 37.8 Å². The minimum absolute atomic E-state index is 0.201. The summed E-state index contributed by atoms with van der Waals surface area (Å²) in [6.45, 7) is 7.06. The molecule has 0 bridgehead atoms. The maximum Gasteiger partial charge on any atom is 0.148 e. The number of aryl methyl sites for hydroxylation is 1. The fourth-order valence-corrected chi connectivity index (χ4v) is 2.79. The lowest BCUT2D eigenvalue weighted by molar-refractivity contribution is 0.564. The van der Waals surface area contributed by atoms with Gasteiger partial charge in [0, 0.05) is 5.56 Å². The maximum absolute atomic E-state index is 13.1. The quantitative estimate of drug-likeness (QED) is 0.906. The highest BCUT2D eigenvalue weighted by Crippen LogP contribution is 2.29. The van der Waals surface area contributed by atoms with Crippen LogP contribution in [0.3, 0.4) is 0 Å². The number of rotatable bonds is 5. The van der Waals surface area contributed by atoms with Crippen LogP contribution in [0.15, 0.2) is 18.2 Å². The van der Waals surface area contributed by atoms with Crippen molar-refractivity contribution < 1.29 is 4.39 Å². The van der Waals surface area contributed by atoms with Crippen LogP contribution in [0.25, 0.3) is 10.6 Å². The van der Waals surface area contributed by atoms with Crippen molar-refractivity contribution in [2.75, 3.05) is 6.54 Å². The van der Waals surface area contributed by atoms with Crippen molar-refractivity contribution in [3.8, 4) is 10.6 Å². The standard InChI is InChI=1S/C14H18FN3S/c1-4-7-16-10(3)13-17-18-14(19-13)12-6-5-11(15)8-9(12)2/h5-6,8,10,16H,4,7H2,1-3H3. The van der Waals surface area contributed by atoms with E-state index in [0.717, 1.165) is 34.1 Å². The van der Waals surface area contributed by atoms with E-state index in [0.29, 0.717) is 0 Å². The molecule has 0 spiro atoms. The van der Waals surface area contributed by atoms with E-state index in [2.05, 4.69) is 29.4 Å². The molecule has 1 aromatic carbocycles. The van der Waals surface area contributed by atoms with Gasteiger partial charge in [-0.25, -0.2) is 4.39 Å². The molecule has 0 saturated heterocycles. The average Bonchev–Trinajstić information content (AvgIpc) is 2.85. The first-order valence-electron chi connectivity index (χ1n) is 6.45. The Hall–Kier alpha value is -1.33. The zero-order valence-corrected chi connectivity index (χ0v) is 12.2. The van der Waals surface area contributed by atoms with Gasteiger partial charge in [0.1, 0.15) is 15.8 Å². The molecule has 1 atom stereocenters. The monoisotopic (exact) mass is 279 g/mol. The minimum Gasteiger partial charge on any atom is -0.308 e. The van der Waals surface area contributed by atoms with E-state index in [9.17, 15) is 4.39 Å². The van der Waals surface area contributed by atoms with Crippen molar-refractivity contribution in [1.29, 1.82) is 0 Å². The molecule has 0 saturated carbocycles. The van der Waals surface area contributed by atoms with Gasteiger partial charge in [0.05, 0.1) is 6.04 Å². The van der Waals surface area contributed by atoms with Gasteiger partial charge in [0.15, 0.2) is 0 Å². The molecule has 2 rings (SSSR count). The van der Waals surface area contributed by atoms with Crippen LogP contribution in [0, 0.1) is 12.7 Å². The molecule has 0 radical (unpaired) electrons. The molecule has 0 aliphatic rings. The molecule has 5 heteroatoms. The van der Waals surface area contributed by atoms with Crippen molar-refractivity contribution in [1.82, 2.24) is 15.5 Å². The second-order valence-electron chi connectivity index (χ2n) is 4.58. The molecule has 0 amide bonds. The summed E-state index contributed by atoms with van der Waals surface area (Å²) in [6, 6.07) is 4.95. The summed E-state index contributed by atoms with van der Waals surface area (Å²) in [5, 5.41) is 13.6. The smallest absolute Gasteiger partial charge is 0.148 e. The molecule has 19 heavy (non-hydrogen) atoms. The zero-order valence-electron chi connectivity index (χ0n) is 11.4. The Kier molecular flexibility index (Phi) is 4.61. The van der Waals surface area contributed by atoms with Gasteiger partial charge in [-0.3, -0.25) is 0 Å². The van der Waals surface area contributed by atoms with Crippen molar-refractivity contribution >= 4 is 11.3 Å². The molecule has 2 aromatic rings. The number of halogens is 1. The largest absolute Gasteiger partial charge is 0.308 e. The number of hydrogen-bond donors (Lipinski definition) is 1. The maximum atomic E-state index is 13.1. The third kappa shape index (κ3) is 3.36. The molecule has 102 valence electrons. The highest BCUT2D eigenvalue weighted by atomic mass is 32.1. The minimum atomic E-state index is -0.219. The van der Waals surface area contributed by atoms with Gasteiger partial charge in [-0.2, -0.15) is 0 Å². The van der Waals surface area contributed by atoms with E-state index >= 15 is 0 Å². The predicted molar refractivity (Wildman–Crippen MR) is 76.7 cm³/mol. The van der Waals surface area contributed by atoms with Crippen molar-refractivity contribution in [3.63, 3.8) is 0 Å². The van der Waals surface area contributed by atoms with Crippen LogP contribution in [0.4, 0.5) is 4.39 Å². The van der Waals surface area contributed by atoms with E-state index in [1.165, 1.54) is 12.1 Å². The van der Waals surface area contributed by atoms with Crippen LogP contribution in [0.1, 0.15) is 36.9 Å². The summed E-state index contributed by atoms with van der Waals surface area (Å²) in [7, 11) is 0. The number of benzene rings is 1. The van der Waals surface area contributed by atoms with Crippen LogP contribution in [0.5, 0.6) is 0 Å². The van der Waals surface area contributed by atoms with E-state index < -0.39 is 0 Å². The van der Waals surface area contributed by atoms with E-state index in [4.69, 9.17) is 0 Å². The second kappa shape index (κ2) is 6.21. The van der Waals surface area contributed by atoms with Gasteiger partial charge in [-0.15, -0.1) is 10.2 Å². The SMILES string of the molecule is CCCNC(C)c1nnc(-c2ccc(F)cc2C)s1. The van der Waals surface area contributed by atoms with Gasteiger partial charge in [-0.05, 0) is 50.6 Å². The normalized spacial score (nSPS) is 12.6. The highest BCUT2D eigenvalue weighted by molar-refractivity contribution is 7.14. The Morgan fingerprint density at radius 1 is 1.37 bits per heavy atom. The average molecular weight is 279 g/mol. The third-order valence-electron chi connectivity index (χ3n) is 2.93. The number of nitrogens with zero attached hydrogens (tertiary/aromatic N) is 2. The molecular weight excluding hydrogens is 261 g/mol. The summed E-state index contributed by atoms with van der Waals surface area (Å²) in [4.78, 5) is 0. The van der Waals surface area contributed by atoms with Crippen molar-refractivity contribution in [2.24, 2.45) is 0 Å². The van der Waals surface area contributed by atoms with Gasteiger partial charge in [-0.1, -0.05) is 18.3 Å². The molecule has 1 unspecified atom stereocenters. The molecule has 1 aromatic heterocycles. The molecule has 0 aliphatic carbocycles. The van der Waals surface area contributed by atoms with Gasteiger partial charge >= 0.3 is 0 Å². The van der Waals surface area contributed by atoms with E-state index in [-0.39, 0.29) is 11.9 Å². The molecule has 1 N–H and O–H groups in total. The summed E-state index contributed by atoms with van der Waals surface area (Å²) >= 11 is 1.56. The Morgan fingerprint density at radius 3 is 2.84 bits per heavy atom. The summed E-state index contributed by atoms with van der Waals surface area (Å²) in [5.74, 6) is -0.219. The van der Waals surface area contributed by atoms with Crippen LogP contribution >= 0.6 is 11.3 Å². The Balaban J connectivity index is 2.20.